The molecule has 2 rings (SSSR count). The van der Waals surface area contributed by atoms with E-state index in [0.717, 1.165) is 55.6 Å². The summed E-state index contributed by atoms with van der Waals surface area (Å²) in [5.41, 5.74) is 1.14. The predicted molar refractivity (Wildman–Crippen MR) is 102 cm³/mol. The molecular weight excluding hydrogens is 314 g/mol. The molecule has 0 amide bonds. The van der Waals surface area contributed by atoms with Gasteiger partial charge in [0.05, 0.1) is 7.11 Å². The van der Waals surface area contributed by atoms with Crippen LogP contribution in [0.2, 0.25) is 0 Å². The van der Waals surface area contributed by atoms with E-state index in [-0.39, 0.29) is 0 Å². The van der Waals surface area contributed by atoms with E-state index in [2.05, 4.69) is 30.8 Å². The second-order valence-corrected chi connectivity index (χ2v) is 6.02. The monoisotopic (exact) mass is 343 g/mol. The summed E-state index contributed by atoms with van der Waals surface area (Å²) in [5.74, 6) is 2.87. The summed E-state index contributed by atoms with van der Waals surface area (Å²) < 4.78 is 7.61. The highest BCUT2D eigenvalue weighted by Crippen LogP contribution is 2.18. The summed E-state index contributed by atoms with van der Waals surface area (Å²) in [6.45, 7) is 4.69. The predicted octanol–water partition coefficient (Wildman–Crippen LogP) is 2.69. The standard InChI is InChI=1S/C19H29N5O/c1-16-21-12-14-24(16)13-8-7-11-22-19(20-2)23(3)15-17-9-5-6-10-18(17)25-4/h5-6,9-10,12,14H,7-8,11,13,15H2,1-4H3,(H,20,22). The van der Waals surface area contributed by atoms with E-state index in [1.165, 1.54) is 0 Å². The van der Waals surface area contributed by atoms with Crippen molar-refractivity contribution in [3.05, 3.63) is 48.0 Å². The number of hydrogen-bond acceptors (Lipinski definition) is 3. The fourth-order valence-corrected chi connectivity index (χ4v) is 2.80. The van der Waals surface area contributed by atoms with Gasteiger partial charge in [0.2, 0.25) is 0 Å². The number of nitrogens with one attached hydrogen (secondary N) is 1. The quantitative estimate of drug-likeness (QED) is 0.455. The van der Waals surface area contributed by atoms with Gasteiger partial charge in [-0.2, -0.15) is 0 Å². The summed E-state index contributed by atoms with van der Waals surface area (Å²) in [4.78, 5) is 10.7. The third kappa shape index (κ3) is 5.52. The minimum atomic E-state index is 0.748. The van der Waals surface area contributed by atoms with Gasteiger partial charge in [0.1, 0.15) is 11.6 Å². The Morgan fingerprint density at radius 1 is 1.32 bits per heavy atom. The molecular formula is C19H29N5O. The van der Waals surface area contributed by atoms with E-state index in [4.69, 9.17) is 4.74 Å². The number of ether oxygens (including phenoxy) is 1. The largest absolute Gasteiger partial charge is 0.496 e. The number of para-hydroxylation sites is 1. The van der Waals surface area contributed by atoms with Crippen LogP contribution in [0.15, 0.2) is 41.7 Å². The number of aryl methyl sites for hydroxylation is 2. The van der Waals surface area contributed by atoms with Crippen LogP contribution in [0.4, 0.5) is 0 Å². The number of imidazole rings is 1. The molecule has 0 unspecified atom stereocenters. The Bertz CT molecular complexity index is 680. The normalized spacial score (nSPS) is 11.4. The Morgan fingerprint density at radius 2 is 2.12 bits per heavy atom. The van der Waals surface area contributed by atoms with Crippen molar-refractivity contribution in [2.75, 3.05) is 27.7 Å². The Morgan fingerprint density at radius 3 is 2.80 bits per heavy atom. The van der Waals surface area contributed by atoms with Gasteiger partial charge < -0.3 is 19.5 Å². The van der Waals surface area contributed by atoms with Crippen molar-refractivity contribution in [1.29, 1.82) is 0 Å². The first-order valence-electron chi connectivity index (χ1n) is 8.67. The van der Waals surface area contributed by atoms with Gasteiger partial charge in [0.25, 0.3) is 0 Å². The van der Waals surface area contributed by atoms with Gasteiger partial charge in [-0.1, -0.05) is 18.2 Å². The molecule has 2 aromatic rings. The van der Waals surface area contributed by atoms with Gasteiger partial charge in [-0.15, -0.1) is 0 Å². The van der Waals surface area contributed by atoms with E-state index in [0.29, 0.717) is 0 Å². The molecule has 0 aliphatic rings. The van der Waals surface area contributed by atoms with Crippen molar-refractivity contribution < 1.29 is 4.74 Å². The number of benzene rings is 1. The molecule has 0 saturated carbocycles. The lowest BCUT2D eigenvalue weighted by Crippen LogP contribution is -2.39. The SMILES string of the molecule is CN=C(NCCCCn1ccnc1C)N(C)Cc1ccccc1OC. The summed E-state index contributed by atoms with van der Waals surface area (Å²) in [6.07, 6.45) is 6.07. The maximum Gasteiger partial charge on any atom is 0.193 e. The van der Waals surface area contributed by atoms with Gasteiger partial charge in [-0.05, 0) is 25.8 Å². The maximum atomic E-state index is 5.42. The van der Waals surface area contributed by atoms with Crippen LogP contribution in [-0.4, -0.2) is 48.2 Å². The van der Waals surface area contributed by atoms with Gasteiger partial charge in [0, 0.05) is 51.7 Å². The van der Waals surface area contributed by atoms with Gasteiger partial charge >= 0.3 is 0 Å². The van der Waals surface area contributed by atoms with Crippen LogP contribution in [0.5, 0.6) is 5.75 Å². The summed E-state index contributed by atoms with van der Waals surface area (Å²) in [5, 5.41) is 3.43. The molecule has 0 saturated heterocycles. The van der Waals surface area contributed by atoms with Crippen LogP contribution in [0, 0.1) is 6.92 Å². The van der Waals surface area contributed by atoms with Crippen LogP contribution in [0.1, 0.15) is 24.2 Å². The Kier molecular flexibility index (Phi) is 7.32. The van der Waals surface area contributed by atoms with E-state index < -0.39 is 0 Å². The maximum absolute atomic E-state index is 5.42. The van der Waals surface area contributed by atoms with E-state index in [1.54, 1.807) is 7.11 Å². The molecule has 6 nitrogen and oxygen atoms in total. The topological polar surface area (TPSA) is 54.7 Å². The first-order valence-corrected chi connectivity index (χ1v) is 8.67. The first kappa shape index (κ1) is 18.8. The van der Waals surface area contributed by atoms with Crippen LogP contribution in [0.3, 0.4) is 0 Å². The van der Waals surface area contributed by atoms with Gasteiger partial charge in [-0.3, -0.25) is 4.99 Å². The lowest BCUT2D eigenvalue weighted by Gasteiger charge is -2.23. The van der Waals surface area contributed by atoms with Crippen LogP contribution >= 0.6 is 0 Å². The first-order chi connectivity index (χ1) is 12.2. The molecule has 0 fully saturated rings. The molecule has 1 N–H and O–H groups in total. The van der Waals surface area contributed by atoms with Crippen molar-refractivity contribution in [2.24, 2.45) is 4.99 Å². The summed E-state index contributed by atoms with van der Waals surface area (Å²) in [6, 6.07) is 8.07. The average molecular weight is 343 g/mol. The van der Waals surface area contributed by atoms with Gasteiger partial charge in [-0.25, -0.2) is 4.98 Å². The number of rotatable bonds is 8. The van der Waals surface area contributed by atoms with Crippen molar-refractivity contribution in [3.8, 4) is 5.75 Å². The minimum absolute atomic E-state index is 0.748. The highest BCUT2D eigenvalue weighted by Gasteiger charge is 2.09. The molecule has 0 aliphatic heterocycles. The average Bonchev–Trinajstić information content (AvgIpc) is 3.03. The number of methoxy groups -OCH3 is 1. The fraction of sp³-hybridized carbons (Fsp3) is 0.474. The Labute approximate surface area is 150 Å². The number of nitrogens with zero attached hydrogens (tertiary/aromatic N) is 4. The Balaban J connectivity index is 1.76. The van der Waals surface area contributed by atoms with Crippen molar-refractivity contribution in [2.45, 2.75) is 32.9 Å². The molecule has 6 heteroatoms. The fourth-order valence-electron chi connectivity index (χ4n) is 2.80. The highest BCUT2D eigenvalue weighted by molar-refractivity contribution is 5.79. The Hall–Kier alpha value is -2.50. The zero-order valence-electron chi connectivity index (χ0n) is 15.7. The molecule has 0 radical (unpaired) electrons. The number of guanidine groups is 1. The van der Waals surface area contributed by atoms with Crippen molar-refractivity contribution in [1.82, 2.24) is 19.8 Å². The smallest absolute Gasteiger partial charge is 0.193 e. The van der Waals surface area contributed by atoms with Crippen molar-refractivity contribution in [3.63, 3.8) is 0 Å². The molecule has 0 atom stereocenters. The van der Waals surface area contributed by atoms with E-state index >= 15 is 0 Å². The molecule has 1 aromatic carbocycles. The number of hydrogen-bond donors (Lipinski definition) is 1. The van der Waals surface area contributed by atoms with Crippen molar-refractivity contribution >= 4 is 5.96 Å². The highest BCUT2D eigenvalue weighted by atomic mass is 16.5. The van der Waals surface area contributed by atoms with Crippen LogP contribution < -0.4 is 10.1 Å². The molecule has 0 aliphatic carbocycles. The molecule has 1 heterocycles. The number of unbranched alkanes of at least 4 members (excludes halogenated alkanes) is 1. The van der Waals surface area contributed by atoms with Crippen LogP contribution in [0.25, 0.3) is 0 Å². The van der Waals surface area contributed by atoms with E-state index in [1.807, 2.05) is 51.6 Å². The molecule has 0 bridgehead atoms. The lowest BCUT2D eigenvalue weighted by molar-refractivity contribution is 0.396. The van der Waals surface area contributed by atoms with Gasteiger partial charge in [0.15, 0.2) is 5.96 Å². The lowest BCUT2D eigenvalue weighted by atomic mass is 10.2. The zero-order valence-corrected chi connectivity index (χ0v) is 15.7. The molecule has 1 aromatic heterocycles. The summed E-state index contributed by atoms with van der Waals surface area (Å²) in [7, 11) is 5.56. The second-order valence-electron chi connectivity index (χ2n) is 6.02. The molecule has 136 valence electrons. The molecule has 0 spiro atoms. The third-order valence-corrected chi connectivity index (χ3v) is 4.21. The number of aliphatic imine (C=N–C) groups is 1. The zero-order chi connectivity index (χ0) is 18.1. The second kappa shape index (κ2) is 9.71. The third-order valence-electron chi connectivity index (χ3n) is 4.21. The molecule has 25 heavy (non-hydrogen) atoms. The number of aromatic nitrogens is 2. The minimum Gasteiger partial charge on any atom is -0.496 e. The van der Waals surface area contributed by atoms with E-state index in [9.17, 15) is 0 Å². The van der Waals surface area contributed by atoms with Crippen LogP contribution in [-0.2, 0) is 13.1 Å². The summed E-state index contributed by atoms with van der Waals surface area (Å²) >= 11 is 0.